The zero-order chi connectivity index (χ0) is 58.9. The van der Waals surface area contributed by atoms with Crippen LogP contribution < -0.4 is 43.8 Å². The van der Waals surface area contributed by atoms with Crippen LogP contribution >= 0.6 is 0 Å². The number of ketones is 2. The summed E-state index contributed by atoms with van der Waals surface area (Å²) in [6.45, 7) is 18.9. The molecule has 21 aliphatic rings. The molecule has 14 bridgehead atoms. The third-order valence-corrected chi connectivity index (χ3v) is 19.9. The Hall–Kier alpha value is -4.89. The molecule has 21 rings (SSSR count). The van der Waals surface area contributed by atoms with E-state index in [9.17, 15) is 43.2 Å². The van der Waals surface area contributed by atoms with Crippen molar-refractivity contribution in [2.24, 2.45) is 50.7 Å². The molecule has 0 atom stereocenters. The van der Waals surface area contributed by atoms with E-state index in [0.717, 1.165) is 96.3 Å². The Balaban J connectivity index is 0.000000125. The lowest BCUT2D eigenvalue weighted by Crippen LogP contribution is -2.84. The molecule has 0 saturated heterocycles. The smallest absolute Gasteiger partial charge is 0.408 e. The third-order valence-electron chi connectivity index (χ3n) is 19.9. The van der Waals surface area contributed by atoms with Gasteiger partial charge < -0.3 is 63.5 Å². The van der Waals surface area contributed by atoms with Crippen LogP contribution in [0.4, 0.5) is 9.59 Å². The summed E-state index contributed by atoms with van der Waals surface area (Å²) in [6.07, 6.45) is 20.1. The van der Waals surface area contributed by atoms with E-state index in [1.807, 2.05) is 41.5 Å². The number of amides is 5. The number of aliphatic carboxylic acids is 2. The predicted octanol–water partition coefficient (Wildman–Crippen LogP) is 5.45. The SMILES string of the molecule is C1CC2CC1C2.CC(=O)C12CC(C(C)=O)(C1)C2.CC(=O)NC12CC(N)(C1)C2.CC(=O)NC12CC(NC(C)=O)(C1)C2.CC(C)(C)OC(=O)NC12CC(NC(=O)OC(C)(C)C)(C1)C2.NC12CC(N)(C1)C2.O=C(O)C12CC(C(=O)O)(C1)C2. The number of nitrogens with two attached hydrogens (primary N) is 3. The molecule has 442 valence electrons. The molecule has 0 aromatic heterocycles. The molecule has 5 amide bonds. The maximum atomic E-state index is 11.8. The summed E-state index contributed by atoms with van der Waals surface area (Å²) in [5, 5.41) is 31.9. The van der Waals surface area contributed by atoms with E-state index in [1.165, 1.54) is 25.7 Å². The Morgan fingerprint density at radius 2 is 0.620 bits per heavy atom. The third kappa shape index (κ3) is 12.1. The monoisotopic (exact) mass is 1110 g/mol. The highest BCUT2D eigenvalue weighted by atomic mass is 16.6. The van der Waals surface area contributed by atoms with Crippen molar-refractivity contribution in [1.82, 2.24) is 26.6 Å². The lowest BCUT2D eigenvalue weighted by molar-refractivity contribution is -0.230. The summed E-state index contributed by atoms with van der Waals surface area (Å²) in [6, 6.07) is 0. The predicted molar refractivity (Wildman–Crippen MR) is 290 cm³/mol. The molecule has 21 fully saturated rings. The van der Waals surface area contributed by atoms with Crippen LogP contribution in [0.5, 0.6) is 0 Å². The van der Waals surface area contributed by atoms with Crippen LogP contribution in [-0.4, -0.2) is 119 Å². The van der Waals surface area contributed by atoms with E-state index < -0.39 is 46.2 Å². The summed E-state index contributed by atoms with van der Waals surface area (Å²) < 4.78 is 10.5. The minimum Gasteiger partial charge on any atom is -0.481 e. The molecule has 0 aromatic carbocycles. The first-order chi connectivity index (χ1) is 35.9. The van der Waals surface area contributed by atoms with E-state index in [-0.39, 0.29) is 84.4 Å². The van der Waals surface area contributed by atoms with Crippen LogP contribution in [0, 0.1) is 33.5 Å². The highest BCUT2D eigenvalue weighted by Gasteiger charge is 2.76. The molecule has 21 nitrogen and oxygen atoms in total. The van der Waals surface area contributed by atoms with E-state index in [2.05, 4.69) is 26.6 Å². The van der Waals surface area contributed by atoms with Crippen LogP contribution in [0.3, 0.4) is 0 Å². The Bertz CT molecular complexity index is 2260. The minimum atomic E-state index is -0.833. The number of carboxylic acids is 2. The average Bonchev–Trinajstić information content (AvgIpc) is 3.74. The van der Waals surface area contributed by atoms with Crippen molar-refractivity contribution in [3.05, 3.63) is 0 Å². The minimum absolute atomic E-state index is 0.0221. The van der Waals surface area contributed by atoms with E-state index >= 15 is 0 Å². The molecule has 0 aromatic rings. The molecule has 79 heavy (non-hydrogen) atoms. The Labute approximate surface area is 465 Å². The van der Waals surface area contributed by atoms with Gasteiger partial charge in [-0.25, -0.2) is 9.59 Å². The maximum absolute atomic E-state index is 11.8. The number of nitrogens with one attached hydrogen (secondary N) is 5. The number of hydrogen-bond donors (Lipinski definition) is 10. The highest BCUT2D eigenvalue weighted by Crippen LogP contribution is 2.74. The lowest BCUT2D eigenvalue weighted by atomic mass is 9.33. The largest absolute Gasteiger partial charge is 0.481 e. The standard InChI is InChI=1S/C15H26N2O4.C9H14N2O2.C9H12O2.C7H12N2O.C7H8O4.C6H10.C5H10N2/c1-12(2,3)20-10(18)16-14-7-15(8-14,9-14)17-11(19)21-13(4,5)6;1-6(12)10-8-3-9(4-8,5-8)11-7(2)13;1-6(10)8-3-9(4-8,5-8)7(2)11;1-5(10)9-7-2-6(8,3-7)4-7;8-4(9)6-1-7(2-6,3-6)5(10)11;1-2-6-3-5(1)4-6;6-4-1-5(7,2-4)3-4/h7-9H2,1-6H3,(H,16,18)(H,17,19);3-5H2,1-2H3,(H,10,12)(H,11,13);3-5H2,1-2H3;2-4,8H2,1H3,(H,9,10);1-3H2,(H,8,9)(H,10,11);5-6H,1-4H2;1-3,6-7H2. The Morgan fingerprint density at radius 3 is 0.797 bits per heavy atom. The molecular formula is C58H92N8O13. The second-order valence-corrected chi connectivity index (χ2v) is 30.6. The van der Waals surface area contributed by atoms with Crippen LogP contribution in [-0.2, 0) is 43.0 Å². The molecule has 0 aliphatic heterocycles. The van der Waals surface area contributed by atoms with Crippen molar-refractivity contribution in [3.8, 4) is 0 Å². The number of ether oxygens (including phenoxy) is 2. The second kappa shape index (κ2) is 19.1. The first kappa shape index (κ1) is 60.2. The molecule has 21 heteroatoms. The number of carbonyl (C=O) groups is 9. The average molecular weight is 1110 g/mol. The van der Waals surface area contributed by atoms with Gasteiger partial charge in [0.2, 0.25) is 17.7 Å². The fraction of sp³-hybridized carbons (Fsp3) is 0.845. The Morgan fingerprint density at radius 1 is 0.380 bits per heavy atom. The number of carboxylic acid groups (broad SMARTS) is 2. The van der Waals surface area contributed by atoms with Gasteiger partial charge in [0.25, 0.3) is 0 Å². The maximum Gasteiger partial charge on any atom is 0.408 e. The van der Waals surface area contributed by atoms with Gasteiger partial charge in [0.05, 0.1) is 21.9 Å². The lowest BCUT2D eigenvalue weighted by Gasteiger charge is -2.70. The van der Waals surface area contributed by atoms with E-state index in [1.54, 1.807) is 46.5 Å². The number of carbonyl (C=O) groups excluding carboxylic acids is 7. The zero-order valence-electron chi connectivity index (χ0n) is 48.8. The summed E-state index contributed by atoms with van der Waals surface area (Å²) in [5.41, 5.74) is 15.0. The van der Waals surface area contributed by atoms with Crippen LogP contribution in [0.2, 0.25) is 0 Å². The molecular weight excluding hydrogens is 1020 g/mol. The fourth-order valence-corrected chi connectivity index (χ4v) is 16.8. The normalized spacial score (nSPS) is 43.4. The van der Waals surface area contributed by atoms with Gasteiger partial charge in [0, 0.05) is 64.8 Å². The van der Waals surface area contributed by atoms with E-state index in [4.69, 9.17) is 36.9 Å². The summed E-state index contributed by atoms with van der Waals surface area (Å²) >= 11 is 0. The van der Waals surface area contributed by atoms with Gasteiger partial charge in [-0.1, -0.05) is 12.8 Å². The van der Waals surface area contributed by atoms with Gasteiger partial charge in [0.1, 0.15) is 22.8 Å². The number of fused-ring (bicyclic) bond motifs is 1. The van der Waals surface area contributed by atoms with Gasteiger partial charge in [-0.15, -0.1) is 0 Å². The topological polar surface area (TPSA) is 351 Å². The van der Waals surface area contributed by atoms with Crippen molar-refractivity contribution >= 4 is 53.4 Å². The fourth-order valence-electron chi connectivity index (χ4n) is 16.8. The van der Waals surface area contributed by atoms with Crippen LogP contribution in [0.15, 0.2) is 0 Å². The van der Waals surface area contributed by atoms with Crippen molar-refractivity contribution in [3.63, 3.8) is 0 Å². The van der Waals surface area contributed by atoms with Gasteiger partial charge >= 0.3 is 24.1 Å². The molecule has 13 N–H and O–H groups in total. The van der Waals surface area contributed by atoms with Gasteiger partial charge in [-0.2, -0.15) is 0 Å². The molecule has 21 aliphatic carbocycles. The Kier molecular flexibility index (Phi) is 14.6. The second-order valence-electron chi connectivity index (χ2n) is 30.6. The van der Waals surface area contributed by atoms with Gasteiger partial charge in [0.15, 0.2) is 0 Å². The van der Waals surface area contributed by atoms with Crippen molar-refractivity contribution in [2.45, 2.75) is 273 Å². The number of rotatable bonds is 9. The first-order valence-corrected chi connectivity index (χ1v) is 28.6. The van der Waals surface area contributed by atoms with Crippen LogP contribution in [0.1, 0.15) is 217 Å². The van der Waals surface area contributed by atoms with Crippen LogP contribution in [0.25, 0.3) is 0 Å². The first-order valence-electron chi connectivity index (χ1n) is 28.6. The van der Waals surface area contributed by atoms with Crippen molar-refractivity contribution in [2.75, 3.05) is 0 Å². The van der Waals surface area contributed by atoms with Crippen molar-refractivity contribution in [1.29, 1.82) is 0 Å². The molecule has 0 heterocycles. The van der Waals surface area contributed by atoms with E-state index in [0.29, 0.717) is 19.3 Å². The summed E-state index contributed by atoms with van der Waals surface area (Å²) in [4.78, 5) is 98.9. The highest BCUT2D eigenvalue weighted by molar-refractivity contribution is 5.95. The molecule has 0 unspecified atom stereocenters. The van der Waals surface area contributed by atoms with Gasteiger partial charge in [-0.3, -0.25) is 33.6 Å². The summed E-state index contributed by atoms with van der Waals surface area (Å²) in [5.74, 6) is 1.39. The zero-order valence-corrected chi connectivity index (χ0v) is 48.8. The molecule has 21 saturated carbocycles. The number of alkyl carbamates (subject to hydrolysis) is 2. The number of hydrogen-bond acceptors (Lipinski definition) is 14. The summed E-state index contributed by atoms with van der Waals surface area (Å²) in [7, 11) is 0. The number of Topliss-reactive ketones (excluding diaryl/α,β-unsaturated/α-hetero) is 2. The quantitative estimate of drug-likeness (QED) is 0.137. The van der Waals surface area contributed by atoms with Crippen molar-refractivity contribution < 1.29 is 62.8 Å². The molecule has 0 spiro atoms. The molecule has 0 radical (unpaired) electrons. The van der Waals surface area contributed by atoms with Gasteiger partial charge in [-0.05, 0) is 196 Å².